The minimum absolute atomic E-state index is 0.0401. The van der Waals surface area contributed by atoms with Crippen molar-refractivity contribution < 1.29 is 43.2 Å². The molecule has 0 saturated heterocycles. The van der Waals surface area contributed by atoms with Crippen LogP contribution in [-0.4, -0.2) is 83.7 Å². The van der Waals surface area contributed by atoms with Crippen LogP contribution >= 0.6 is 0 Å². The summed E-state index contributed by atoms with van der Waals surface area (Å²) in [7, 11) is 0. The van der Waals surface area contributed by atoms with Crippen LogP contribution in [0.4, 0.5) is 4.79 Å². The summed E-state index contributed by atoms with van der Waals surface area (Å²) in [6, 6.07) is 0. The Hall–Kier alpha value is -1.83. The predicted molar refractivity (Wildman–Crippen MR) is 86.7 cm³/mol. The van der Waals surface area contributed by atoms with E-state index in [9.17, 15) is 14.4 Å². The highest BCUT2D eigenvalue weighted by Crippen LogP contribution is 1.82. The van der Waals surface area contributed by atoms with Gasteiger partial charge in [0.2, 0.25) is 5.91 Å². The Bertz CT molecular complexity index is 396. The van der Waals surface area contributed by atoms with Gasteiger partial charge in [0.15, 0.2) is 5.78 Å². The SMILES string of the molecule is CC(=O)COCCOCCNC(=O)COCCOCCNC(=O)OON. The van der Waals surface area contributed by atoms with Crippen LogP contribution in [0.1, 0.15) is 6.92 Å². The van der Waals surface area contributed by atoms with Crippen LogP contribution in [0, 0.1) is 0 Å². The molecule has 2 amide bonds. The van der Waals surface area contributed by atoms with E-state index in [1.54, 1.807) is 0 Å². The number of amides is 2. The quantitative estimate of drug-likeness (QED) is 0.150. The molecule has 12 nitrogen and oxygen atoms in total. The molecule has 0 radical (unpaired) electrons. The highest BCUT2D eigenvalue weighted by molar-refractivity contribution is 5.77. The molecule has 0 rings (SSSR count). The largest absolute Gasteiger partial charge is 0.440 e. The fourth-order valence-corrected chi connectivity index (χ4v) is 1.43. The van der Waals surface area contributed by atoms with Gasteiger partial charge in [-0.1, -0.05) is 4.99 Å². The monoisotopic (exact) mass is 381 g/mol. The summed E-state index contributed by atoms with van der Waals surface area (Å²) < 4.78 is 20.5. The molecule has 0 aromatic carbocycles. The van der Waals surface area contributed by atoms with Gasteiger partial charge in [0.25, 0.3) is 0 Å². The normalized spacial score (nSPS) is 10.4. The molecular weight excluding hydrogens is 354 g/mol. The van der Waals surface area contributed by atoms with Gasteiger partial charge >= 0.3 is 6.09 Å². The Balaban J connectivity index is 3.24. The number of ketones is 1. The summed E-state index contributed by atoms with van der Waals surface area (Å²) in [5, 5.41) is 4.93. The molecule has 0 aliphatic carbocycles. The zero-order valence-corrected chi connectivity index (χ0v) is 14.8. The standard InChI is InChI=1S/C14H27N3O9/c1-12(18)10-23-8-6-21-4-2-16-13(19)11-24-9-7-22-5-3-17-14(20)25-26-15/h2-11,15H2,1H3,(H,16,19)(H,17,20). The van der Waals surface area contributed by atoms with Crippen molar-refractivity contribution in [3.8, 4) is 0 Å². The summed E-state index contributed by atoms with van der Waals surface area (Å²) in [6.07, 6.45) is -0.823. The molecule has 0 unspecified atom stereocenters. The lowest BCUT2D eigenvalue weighted by Crippen LogP contribution is -2.31. The lowest BCUT2D eigenvalue weighted by Gasteiger charge is -2.08. The molecule has 4 N–H and O–H groups in total. The van der Waals surface area contributed by atoms with Gasteiger partial charge in [0.1, 0.15) is 13.2 Å². The number of Topliss-reactive ketones (excluding diaryl/α,β-unsaturated/α-hetero) is 1. The molecule has 0 aromatic rings. The van der Waals surface area contributed by atoms with E-state index in [0.29, 0.717) is 26.4 Å². The summed E-state index contributed by atoms with van der Waals surface area (Å²) in [5.41, 5.74) is 0. The Morgan fingerprint density at radius 2 is 1.31 bits per heavy atom. The van der Waals surface area contributed by atoms with Gasteiger partial charge in [0.05, 0.1) is 39.6 Å². The van der Waals surface area contributed by atoms with Gasteiger partial charge in [-0.05, 0) is 6.92 Å². The van der Waals surface area contributed by atoms with E-state index in [2.05, 4.69) is 26.4 Å². The first kappa shape index (κ1) is 24.2. The van der Waals surface area contributed by atoms with Crippen LogP contribution in [0.2, 0.25) is 0 Å². The smallest absolute Gasteiger partial charge is 0.377 e. The Kier molecular flexibility index (Phi) is 16.7. The van der Waals surface area contributed by atoms with Crippen molar-refractivity contribution >= 4 is 17.8 Å². The molecule has 26 heavy (non-hydrogen) atoms. The lowest BCUT2D eigenvalue weighted by molar-refractivity contribution is -0.243. The lowest BCUT2D eigenvalue weighted by atomic mass is 10.5. The van der Waals surface area contributed by atoms with E-state index in [4.69, 9.17) is 18.9 Å². The number of carbonyl (C=O) groups is 3. The highest BCUT2D eigenvalue weighted by atomic mass is 17.3. The maximum absolute atomic E-state index is 11.4. The van der Waals surface area contributed by atoms with E-state index in [0.717, 1.165) is 0 Å². The summed E-state index contributed by atoms with van der Waals surface area (Å²) in [5.74, 6) is 4.21. The number of carbonyl (C=O) groups excluding carboxylic acids is 3. The molecule has 0 bridgehead atoms. The van der Waals surface area contributed by atoms with E-state index in [-0.39, 0.29) is 51.3 Å². The first-order valence-electron chi connectivity index (χ1n) is 7.94. The van der Waals surface area contributed by atoms with E-state index in [1.807, 2.05) is 0 Å². The fraction of sp³-hybridized carbons (Fsp3) is 0.786. The Morgan fingerprint density at radius 1 is 0.769 bits per heavy atom. The van der Waals surface area contributed by atoms with Gasteiger partial charge in [-0.2, -0.15) is 5.90 Å². The average Bonchev–Trinajstić information content (AvgIpc) is 2.59. The number of nitrogens with two attached hydrogens (primary N) is 1. The third kappa shape index (κ3) is 18.5. The van der Waals surface area contributed by atoms with Gasteiger partial charge in [-0.25, -0.2) is 4.79 Å². The van der Waals surface area contributed by atoms with Crippen molar-refractivity contribution in [1.29, 1.82) is 0 Å². The second kappa shape index (κ2) is 18.0. The topological polar surface area (TPSA) is 157 Å². The Morgan fingerprint density at radius 3 is 1.88 bits per heavy atom. The second-order valence-corrected chi connectivity index (χ2v) is 4.78. The molecule has 0 spiro atoms. The molecule has 0 aromatic heterocycles. The van der Waals surface area contributed by atoms with Crippen molar-refractivity contribution in [1.82, 2.24) is 10.6 Å². The van der Waals surface area contributed by atoms with Gasteiger partial charge in [0, 0.05) is 13.1 Å². The van der Waals surface area contributed by atoms with Crippen LogP contribution in [0.15, 0.2) is 0 Å². The van der Waals surface area contributed by atoms with Crippen LogP contribution in [0.3, 0.4) is 0 Å². The molecule has 0 atom stereocenters. The minimum Gasteiger partial charge on any atom is -0.377 e. The number of hydrogen-bond donors (Lipinski definition) is 3. The van der Waals surface area contributed by atoms with Crippen LogP contribution in [-0.2, 0) is 38.4 Å². The van der Waals surface area contributed by atoms with E-state index < -0.39 is 6.09 Å². The molecular formula is C14H27N3O9. The number of ether oxygens (including phenoxy) is 4. The molecule has 152 valence electrons. The molecule has 0 heterocycles. The first-order chi connectivity index (χ1) is 12.6. The summed E-state index contributed by atoms with van der Waals surface area (Å²) in [6.45, 7) is 3.73. The fourth-order valence-electron chi connectivity index (χ4n) is 1.43. The summed E-state index contributed by atoms with van der Waals surface area (Å²) >= 11 is 0. The Labute approximate surface area is 151 Å². The summed E-state index contributed by atoms with van der Waals surface area (Å²) in [4.78, 5) is 40.4. The van der Waals surface area contributed by atoms with Gasteiger partial charge in [-0.3, -0.25) is 14.5 Å². The van der Waals surface area contributed by atoms with Crippen molar-refractivity contribution in [2.75, 3.05) is 65.9 Å². The number of nitrogens with one attached hydrogen (secondary N) is 2. The van der Waals surface area contributed by atoms with Crippen molar-refractivity contribution in [3.05, 3.63) is 0 Å². The second-order valence-electron chi connectivity index (χ2n) is 4.78. The third-order valence-corrected chi connectivity index (χ3v) is 2.49. The van der Waals surface area contributed by atoms with Crippen molar-refractivity contribution in [2.45, 2.75) is 6.92 Å². The van der Waals surface area contributed by atoms with E-state index in [1.165, 1.54) is 6.92 Å². The van der Waals surface area contributed by atoms with Crippen molar-refractivity contribution in [3.63, 3.8) is 0 Å². The molecule has 12 heteroatoms. The average molecular weight is 381 g/mol. The molecule has 0 aliphatic heterocycles. The van der Waals surface area contributed by atoms with Crippen LogP contribution in [0.25, 0.3) is 0 Å². The first-order valence-corrected chi connectivity index (χ1v) is 7.94. The van der Waals surface area contributed by atoms with Gasteiger partial charge < -0.3 is 29.6 Å². The minimum atomic E-state index is -0.823. The number of hydrogen-bond acceptors (Lipinski definition) is 10. The molecule has 0 fully saturated rings. The van der Waals surface area contributed by atoms with Crippen LogP contribution in [0.5, 0.6) is 0 Å². The zero-order chi connectivity index (χ0) is 19.5. The zero-order valence-electron chi connectivity index (χ0n) is 14.8. The van der Waals surface area contributed by atoms with Gasteiger partial charge in [-0.15, -0.1) is 0 Å². The maximum atomic E-state index is 11.4. The predicted octanol–water partition coefficient (Wildman–Crippen LogP) is -1.71. The highest BCUT2D eigenvalue weighted by Gasteiger charge is 2.02. The molecule has 0 saturated carbocycles. The van der Waals surface area contributed by atoms with E-state index >= 15 is 0 Å². The third-order valence-electron chi connectivity index (χ3n) is 2.49. The van der Waals surface area contributed by atoms with Crippen LogP contribution < -0.4 is 16.5 Å². The maximum Gasteiger partial charge on any atom is 0.440 e. The number of rotatable bonds is 17. The molecule has 0 aliphatic rings. The van der Waals surface area contributed by atoms with Crippen molar-refractivity contribution in [2.24, 2.45) is 5.90 Å².